The minimum absolute atomic E-state index is 0.290. The number of imide groups is 1. The summed E-state index contributed by atoms with van der Waals surface area (Å²) in [5, 5.41) is 0. The normalized spacial score (nSPS) is 15.3. The molecule has 2 heterocycles. The highest BCUT2D eigenvalue weighted by Gasteiger charge is 2.38. The molecule has 2 amide bonds. The van der Waals surface area contributed by atoms with Crippen molar-refractivity contribution in [1.82, 2.24) is 9.88 Å². The van der Waals surface area contributed by atoms with Crippen LogP contribution in [0.2, 0.25) is 0 Å². The molecule has 1 atom stereocenters. The first-order valence-corrected chi connectivity index (χ1v) is 6.29. The van der Waals surface area contributed by atoms with Crippen LogP contribution >= 0.6 is 0 Å². The van der Waals surface area contributed by atoms with Crippen molar-refractivity contribution in [3.8, 4) is 0 Å². The van der Waals surface area contributed by atoms with Gasteiger partial charge in [-0.2, -0.15) is 0 Å². The van der Waals surface area contributed by atoms with E-state index in [0.717, 1.165) is 0 Å². The van der Waals surface area contributed by atoms with Gasteiger partial charge in [-0.1, -0.05) is 18.2 Å². The molecule has 0 aliphatic carbocycles. The Bertz CT molecular complexity index is 677. The van der Waals surface area contributed by atoms with Crippen molar-refractivity contribution < 1.29 is 9.59 Å². The molecule has 2 N–H and O–H groups in total. The summed E-state index contributed by atoms with van der Waals surface area (Å²) in [5.74, 6) is -0.212. The van der Waals surface area contributed by atoms with Crippen LogP contribution in [0.1, 0.15) is 39.4 Å². The summed E-state index contributed by atoms with van der Waals surface area (Å²) < 4.78 is 0. The van der Waals surface area contributed by atoms with Crippen LogP contribution in [0, 0.1) is 0 Å². The van der Waals surface area contributed by atoms with E-state index in [9.17, 15) is 9.59 Å². The summed E-state index contributed by atoms with van der Waals surface area (Å²) >= 11 is 0. The second-order valence-corrected chi connectivity index (χ2v) is 4.69. The van der Waals surface area contributed by atoms with Gasteiger partial charge in [0.15, 0.2) is 0 Å². The molecule has 0 spiro atoms. The summed E-state index contributed by atoms with van der Waals surface area (Å²) in [4.78, 5) is 30.1. The van der Waals surface area contributed by atoms with Crippen molar-refractivity contribution in [1.29, 1.82) is 0 Å². The lowest BCUT2D eigenvalue weighted by Crippen LogP contribution is -2.33. The van der Waals surface area contributed by atoms with E-state index in [2.05, 4.69) is 4.98 Å². The lowest BCUT2D eigenvalue weighted by Gasteiger charge is -2.22. The summed E-state index contributed by atoms with van der Waals surface area (Å²) in [6.07, 6.45) is 0. The smallest absolute Gasteiger partial charge is 0.262 e. The summed E-state index contributed by atoms with van der Waals surface area (Å²) in [7, 11) is 0. The quantitative estimate of drug-likeness (QED) is 0.844. The van der Waals surface area contributed by atoms with Crippen molar-refractivity contribution >= 4 is 17.6 Å². The predicted octanol–water partition coefficient (Wildman–Crippen LogP) is 2.02. The van der Waals surface area contributed by atoms with E-state index in [1.807, 2.05) is 0 Å². The molecule has 0 radical (unpaired) electrons. The van der Waals surface area contributed by atoms with Crippen molar-refractivity contribution in [3.63, 3.8) is 0 Å². The predicted molar refractivity (Wildman–Crippen MR) is 74.0 cm³/mol. The first-order valence-electron chi connectivity index (χ1n) is 6.29. The van der Waals surface area contributed by atoms with E-state index in [0.29, 0.717) is 22.6 Å². The van der Waals surface area contributed by atoms with Crippen molar-refractivity contribution in [2.24, 2.45) is 0 Å². The largest absolute Gasteiger partial charge is 0.384 e. The number of aromatic nitrogens is 1. The number of benzene rings is 1. The number of nitrogens with zero attached hydrogens (tertiary/aromatic N) is 2. The second kappa shape index (κ2) is 4.45. The molecule has 0 fully saturated rings. The maximum Gasteiger partial charge on any atom is 0.262 e. The van der Waals surface area contributed by atoms with Gasteiger partial charge in [0, 0.05) is 0 Å². The summed E-state index contributed by atoms with van der Waals surface area (Å²) in [6.45, 7) is 1.77. The minimum Gasteiger partial charge on any atom is -0.384 e. The molecule has 1 aromatic heterocycles. The molecule has 0 saturated carbocycles. The molecule has 1 unspecified atom stereocenters. The Hall–Kier alpha value is -2.69. The average Bonchev–Trinajstić information content (AvgIpc) is 2.71. The number of fused-ring (bicyclic) bond motifs is 1. The standard InChI is InChI=1S/C15H13N3O2/c1-9(12-7-4-8-13(16)17-12)18-14(19)10-5-2-3-6-11(10)15(18)20/h2-9H,1H3,(H2,16,17). The molecular weight excluding hydrogens is 254 g/mol. The van der Waals surface area contributed by atoms with E-state index in [4.69, 9.17) is 5.73 Å². The van der Waals surface area contributed by atoms with Crippen molar-refractivity contribution in [2.75, 3.05) is 5.73 Å². The zero-order chi connectivity index (χ0) is 14.3. The lowest BCUT2D eigenvalue weighted by atomic mass is 10.1. The maximum atomic E-state index is 12.4. The van der Waals surface area contributed by atoms with Gasteiger partial charge in [-0.3, -0.25) is 14.5 Å². The zero-order valence-electron chi connectivity index (χ0n) is 10.9. The zero-order valence-corrected chi connectivity index (χ0v) is 10.9. The lowest BCUT2D eigenvalue weighted by molar-refractivity contribution is 0.0592. The van der Waals surface area contributed by atoms with Crippen LogP contribution in [-0.4, -0.2) is 21.7 Å². The van der Waals surface area contributed by atoms with Crippen molar-refractivity contribution in [3.05, 3.63) is 59.3 Å². The summed E-state index contributed by atoms with van der Waals surface area (Å²) in [5.41, 5.74) is 7.12. The molecule has 1 aromatic carbocycles. The number of rotatable bonds is 2. The Labute approximate surface area is 116 Å². The molecule has 1 aliphatic heterocycles. The highest BCUT2D eigenvalue weighted by molar-refractivity contribution is 6.21. The van der Waals surface area contributed by atoms with Gasteiger partial charge in [-0.05, 0) is 31.2 Å². The fourth-order valence-electron chi connectivity index (χ4n) is 2.39. The van der Waals surface area contributed by atoms with E-state index in [1.54, 1.807) is 49.4 Å². The van der Waals surface area contributed by atoms with Gasteiger partial charge < -0.3 is 5.73 Å². The van der Waals surface area contributed by atoms with Crippen LogP contribution in [0.5, 0.6) is 0 Å². The Morgan fingerprint density at radius 2 is 1.60 bits per heavy atom. The van der Waals surface area contributed by atoms with Crippen LogP contribution in [0.3, 0.4) is 0 Å². The number of hydrogen-bond donors (Lipinski definition) is 1. The monoisotopic (exact) mass is 267 g/mol. The number of anilines is 1. The Morgan fingerprint density at radius 3 is 2.15 bits per heavy atom. The molecule has 100 valence electrons. The van der Waals surface area contributed by atoms with Crippen LogP contribution in [0.25, 0.3) is 0 Å². The number of carbonyl (C=O) groups is 2. The fraction of sp³-hybridized carbons (Fsp3) is 0.133. The van der Waals surface area contributed by atoms with E-state index >= 15 is 0 Å². The topological polar surface area (TPSA) is 76.3 Å². The number of carbonyl (C=O) groups excluding carboxylic acids is 2. The third-order valence-electron chi connectivity index (χ3n) is 3.43. The third-order valence-corrected chi connectivity index (χ3v) is 3.43. The first kappa shape index (κ1) is 12.3. The number of amides is 2. The minimum atomic E-state index is -0.453. The van der Waals surface area contributed by atoms with Crippen LogP contribution < -0.4 is 5.73 Å². The molecule has 0 saturated heterocycles. The molecule has 2 aromatic rings. The molecule has 1 aliphatic rings. The average molecular weight is 267 g/mol. The number of pyridine rings is 1. The molecule has 5 nitrogen and oxygen atoms in total. The summed E-state index contributed by atoms with van der Waals surface area (Å²) in [6, 6.07) is 11.5. The molecule has 20 heavy (non-hydrogen) atoms. The SMILES string of the molecule is CC(c1cccc(N)n1)N1C(=O)c2ccccc2C1=O. The van der Waals surface area contributed by atoms with Gasteiger partial charge in [0.25, 0.3) is 11.8 Å². The second-order valence-electron chi connectivity index (χ2n) is 4.69. The molecule has 0 bridgehead atoms. The number of nitrogen functional groups attached to an aromatic ring is 1. The van der Waals surface area contributed by atoms with E-state index in [-0.39, 0.29) is 11.8 Å². The van der Waals surface area contributed by atoms with Crippen LogP contribution in [-0.2, 0) is 0 Å². The first-order chi connectivity index (χ1) is 9.59. The van der Waals surface area contributed by atoms with Gasteiger partial charge in [-0.15, -0.1) is 0 Å². The van der Waals surface area contributed by atoms with Gasteiger partial charge in [0.1, 0.15) is 5.82 Å². The third kappa shape index (κ3) is 1.75. The van der Waals surface area contributed by atoms with Gasteiger partial charge in [0.05, 0.1) is 22.9 Å². The Morgan fingerprint density at radius 1 is 1.00 bits per heavy atom. The van der Waals surface area contributed by atoms with Gasteiger partial charge >= 0.3 is 0 Å². The van der Waals surface area contributed by atoms with Gasteiger partial charge in [0.2, 0.25) is 0 Å². The Balaban J connectivity index is 2.01. The number of nitrogens with two attached hydrogens (primary N) is 1. The van der Waals surface area contributed by atoms with E-state index < -0.39 is 6.04 Å². The fourth-order valence-corrected chi connectivity index (χ4v) is 2.39. The molecule has 5 heteroatoms. The number of hydrogen-bond acceptors (Lipinski definition) is 4. The highest BCUT2D eigenvalue weighted by Crippen LogP contribution is 2.30. The van der Waals surface area contributed by atoms with Gasteiger partial charge in [-0.25, -0.2) is 4.98 Å². The van der Waals surface area contributed by atoms with Crippen molar-refractivity contribution in [2.45, 2.75) is 13.0 Å². The highest BCUT2D eigenvalue weighted by atomic mass is 16.2. The van der Waals surface area contributed by atoms with Crippen LogP contribution in [0.15, 0.2) is 42.5 Å². The molecule has 3 rings (SSSR count). The maximum absolute atomic E-state index is 12.4. The molecular formula is C15H13N3O2. The Kier molecular flexibility index (Phi) is 2.75. The van der Waals surface area contributed by atoms with E-state index in [1.165, 1.54) is 4.90 Å². The van der Waals surface area contributed by atoms with Crippen LogP contribution in [0.4, 0.5) is 5.82 Å².